The van der Waals surface area contributed by atoms with Crippen molar-refractivity contribution in [2.75, 3.05) is 18.4 Å². The highest BCUT2D eigenvalue weighted by molar-refractivity contribution is 5.83. The lowest BCUT2D eigenvalue weighted by atomic mass is 10.1. The van der Waals surface area contributed by atoms with Gasteiger partial charge < -0.3 is 20.7 Å². The standard InChI is InChI=1S/C28H25F4N7O3/c29-20-5-1-17(2-6-20)15-39-27(40)36-26(38(28(39)41)14-18-3-8-22(9-4-18)42-24(31)32)34-11-12-37-16-19-13-21(30)7-10-23(19)35-25(37)33/h1-10,13,24H,11-12,14-16H2,(H2,33,35)(H,34,36,40). The van der Waals surface area contributed by atoms with Crippen LogP contribution in [-0.4, -0.2) is 44.7 Å². The maximum absolute atomic E-state index is 13.7. The summed E-state index contributed by atoms with van der Waals surface area (Å²) in [7, 11) is 0. The first-order chi connectivity index (χ1) is 20.2. The third kappa shape index (κ3) is 6.59. The van der Waals surface area contributed by atoms with Gasteiger partial charge in [0, 0.05) is 25.2 Å². The van der Waals surface area contributed by atoms with Crippen molar-refractivity contribution in [3.63, 3.8) is 0 Å². The number of nitrogens with one attached hydrogen (secondary N) is 1. The van der Waals surface area contributed by atoms with Crippen LogP contribution >= 0.6 is 0 Å². The Bertz CT molecular complexity index is 1720. The van der Waals surface area contributed by atoms with Crippen molar-refractivity contribution >= 4 is 17.6 Å². The average Bonchev–Trinajstić information content (AvgIpc) is 2.95. The predicted molar refractivity (Wildman–Crippen MR) is 147 cm³/mol. The Hall–Kier alpha value is -5.14. The lowest BCUT2D eigenvalue weighted by Crippen LogP contribution is -2.44. The molecule has 1 aliphatic heterocycles. The number of aromatic nitrogens is 3. The zero-order valence-corrected chi connectivity index (χ0v) is 22.0. The van der Waals surface area contributed by atoms with E-state index in [0.29, 0.717) is 28.9 Å². The molecule has 5 rings (SSSR count). The number of benzene rings is 3. The first-order valence-electron chi connectivity index (χ1n) is 12.8. The van der Waals surface area contributed by atoms with Crippen molar-refractivity contribution in [2.24, 2.45) is 10.7 Å². The number of ether oxygens (including phenoxy) is 1. The quantitative estimate of drug-likeness (QED) is 0.275. The number of anilines is 1. The zero-order valence-electron chi connectivity index (χ0n) is 22.0. The highest BCUT2D eigenvalue weighted by Crippen LogP contribution is 2.25. The minimum Gasteiger partial charge on any atom is -0.435 e. The fraction of sp³-hybridized carbons (Fsp3) is 0.214. The van der Waals surface area contributed by atoms with Crippen LogP contribution in [0.5, 0.6) is 5.75 Å². The highest BCUT2D eigenvalue weighted by atomic mass is 19.3. The fourth-order valence-corrected chi connectivity index (χ4v) is 4.44. The molecule has 14 heteroatoms. The second kappa shape index (κ2) is 12.2. The van der Waals surface area contributed by atoms with E-state index in [9.17, 15) is 27.2 Å². The molecule has 0 spiro atoms. The number of alkyl halides is 2. The molecule has 0 aliphatic carbocycles. The Balaban J connectivity index is 1.39. The van der Waals surface area contributed by atoms with Gasteiger partial charge in [-0.1, -0.05) is 24.3 Å². The molecule has 3 aromatic carbocycles. The van der Waals surface area contributed by atoms with E-state index in [-0.39, 0.29) is 43.8 Å². The van der Waals surface area contributed by atoms with Crippen molar-refractivity contribution in [3.8, 4) is 5.75 Å². The van der Waals surface area contributed by atoms with E-state index in [1.807, 2.05) is 0 Å². The third-order valence-corrected chi connectivity index (χ3v) is 6.52. The van der Waals surface area contributed by atoms with Gasteiger partial charge in [-0.05, 0) is 53.6 Å². The Morgan fingerprint density at radius 3 is 2.24 bits per heavy atom. The van der Waals surface area contributed by atoms with Gasteiger partial charge in [0.25, 0.3) is 0 Å². The van der Waals surface area contributed by atoms with Gasteiger partial charge in [-0.3, -0.25) is 4.57 Å². The van der Waals surface area contributed by atoms with Crippen LogP contribution in [-0.2, 0) is 19.6 Å². The topological polar surface area (TPSA) is 120 Å². The Morgan fingerprint density at radius 2 is 1.55 bits per heavy atom. The van der Waals surface area contributed by atoms with Crippen LogP contribution in [0.1, 0.15) is 16.7 Å². The van der Waals surface area contributed by atoms with Gasteiger partial charge in [-0.15, -0.1) is 0 Å². The monoisotopic (exact) mass is 583 g/mol. The molecular weight excluding hydrogens is 558 g/mol. The number of nitrogens with two attached hydrogens (primary N) is 1. The molecule has 0 bridgehead atoms. The van der Waals surface area contributed by atoms with Crippen LogP contribution < -0.4 is 27.2 Å². The maximum atomic E-state index is 13.7. The molecule has 4 aromatic rings. The van der Waals surface area contributed by atoms with Gasteiger partial charge in [-0.2, -0.15) is 13.8 Å². The average molecular weight is 584 g/mol. The SMILES string of the molecule is NC1=Nc2ccc(F)cc2CN1CCNc1nc(=O)n(Cc2ccc(F)cc2)c(=O)n1Cc1ccc(OC(F)F)cc1. The molecule has 0 atom stereocenters. The van der Waals surface area contributed by atoms with Crippen molar-refractivity contribution < 1.29 is 22.3 Å². The Labute approximate surface area is 236 Å². The Morgan fingerprint density at radius 1 is 0.905 bits per heavy atom. The molecule has 0 radical (unpaired) electrons. The van der Waals surface area contributed by atoms with E-state index in [2.05, 4.69) is 20.0 Å². The van der Waals surface area contributed by atoms with Crippen molar-refractivity contribution in [1.29, 1.82) is 0 Å². The number of hydrogen-bond donors (Lipinski definition) is 2. The number of nitrogens with zero attached hydrogens (tertiary/aromatic N) is 5. The van der Waals surface area contributed by atoms with Gasteiger partial charge in [0.15, 0.2) is 5.96 Å². The number of hydrogen-bond acceptors (Lipinski definition) is 8. The number of guanidine groups is 1. The molecule has 42 heavy (non-hydrogen) atoms. The van der Waals surface area contributed by atoms with E-state index in [4.69, 9.17) is 5.73 Å². The van der Waals surface area contributed by atoms with E-state index >= 15 is 0 Å². The predicted octanol–water partition coefficient (Wildman–Crippen LogP) is 3.26. The second-order valence-corrected chi connectivity index (χ2v) is 9.41. The molecule has 3 N–H and O–H groups in total. The van der Waals surface area contributed by atoms with E-state index in [1.54, 1.807) is 11.0 Å². The number of rotatable bonds is 10. The van der Waals surface area contributed by atoms with E-state index in [1.165, 1.54) is 65.2 Å². The summed E-state index contributed by atoms with van der Waals surface area (Å²) in [4.78, 5) is 36.6. The summed E-state index contributed by atoms with van der Waals surface area (Å²) in [5, 5.41) is 2.99. The summed E-state index contributed by atoms with van der Waals surface area (Å²) in [5.41, 5.74) is 6.84. The van der Waals surface area contributed by atoms with Crippen molar-refractivity contribution in [1.82, 2.24) is 19.0 Å². The summed E-state index contributed by atoms with van der Waals surface area (Å²) >= 11 is 0. The molecule has 0 unspecified atom stereocenters. The van der Waals surface area contributed by atoms with E-state index < -0.39 is 29.6 Å². The van der Waals surface area contributed by atoms with Crippen LogP contribution in [0.4, 0.5) is 29.2 Å². The number of fused-ring (bicyclic) bond motifs is 1. The minimum atomic E-state index is -2.99. The summed E-state index contributed by atoms with van der Waals surface area (Å²) in [6.45, 7) is -2.44. The first-order valence-corrected chi connectivity index (χ1v) is 12.8. The normalized spacial score (nSPS) is 12.7. The summed E-state index contributed by atoms with van der Waals surface area (Å²) < 4.78 is 58.7. The molecule has 0 saturated heterocycles. The Kier molecular flexibility index (Phi) is 8.22. The van der Waals surface area contributed by atoms with Gasteiger partial charge in [-0.25, -0.2) is 27.9 Å². The van der Waals surface area contributed by atoms with Crippen LogP contribution in [0.15, 0.2) is 81.3 Å². The second-order valence-electron chi connectivity index (χ2n) is 9.41. The first kappa shape index (κ1) is 28.4. The highest BCUT2D eigenvalue weighted by Gasteiger charge is 2.19. The van der Waals surface area contributed by atoms with Crippen LogP contribution in [0, 0.1) is 11.6 Å². The molecule has 0 saturated carbocycles. The molecule has 2 heterocycles. The molecule has 0 fully saturated rings. The number of halogens is 4. The van der Waals surface area contributed by atoms with Crippen molar-refractivity contribution in [2.45, 2.75) is 26.2 Å². The van der Waals surface area contributed by atoms with Crippen LogP contribution in [0.3, 0.4) is 0 Å². The van der Waals surface area contributed by atoms with Gasteiger partial charge in [0.2, 0.25) is 5.95 Å². The lowest BCUT2D eigenvalue weighted by Gasteiger charge is -2.28. The van der Waals surface area contributed by atoms with Crippen LogP contribution in [0.2, 0.25) is 0 Å². The van der Waals surface area contributed by atoms with Crippen molar-refractivity contribution in [3.05, 3.63) is 116 Å². The number of aliphatic imine (C=N–C) groups is 1. The molecular formula is C28H25F4N7O3. The molecule has 218 valence electrons. The zero-order chi connectivity index (χ0) is 29.8. The van der Waals surface area contributed by atoms with Crippen LogP contribution in [0.25, 0.3) is 0 Å². The lowest BCUT2D eigenvalue weighted by molar-refractivity contribution is -0.0498. The van der Waals surface area contributed by atoms with Gasteiger partial charge in [0.1, 0.15) is 17.4 Å². The molecule has 1 aliphatic rings. The van der Waals surface area contributed by atoms with Gasteiger partial charge >= 0.3 is 18.0 Å². The molecule has 10 nitrogen and oxygen atoms in total. The van der Waals surface area contributed by atoms with E-state index in [0.717, 1.165) is 4.57 Å². The summed E-state index contributed by atoms with van der Waals surface area (Å²) in [5.74, 6) is -0.727. The van der Waals surface area contributed by atoms with Gasteiger partial charge in [0.05, 0.1) is 18.8 Å². The molecule has 1 aromatic heterocycles. The largest absolute Gasteiger partial charge is 0.435 e. The third-order valence-electron chi connectivity index (χ3n) is 6.52. The summed E-state index contributed by atoms with van der Waals surface area (Å²) in [6, 6.07) is 15.2. The minimum absolute atomic E-state index is 0.0350. The summed E-state index contributed by atoms with van der Waals surface area (Å²) in [6.07, 6.45) is 0. The smallest absolute Gasteiger partial charge is 0.387 e. The maximum Gasteiger partial charge on any atom is 0.387 e. The molecule has 0 amide bonds. The fourth-order valence-electron chi connectivity index (χ4n) is 4.44.